The van der Waals surface area contributed by atoms with Crippen LogP contribution < -0.4 is 24.5 Å². The van der Waals surface area contributed by atoms with E-state index < -0.39 is 0 Å². The maximum absolute atomic E-state index is 13.8. The first-order valence-electron chi connectivity index (χ1n) is 13.1. The number of furan rings is 1. The van der Waals surface area contributed by atoms with Crippen molar-refractivity contribution in [3.05, 3.63) is 109 Å². The molecule has 0 radical (unpaired) electrons. The first-order valence-corrected chi connectivity index (χ1v) is 14.7. The van der Waals surface area contributed by atoms with E-state index in [4.69, 9.17) is 28.3 Å². The Morgan fingerprint density at radius 1 is 0.977 bits per heavy atom. The number of para-hydroxylation sites is 1. The third-order valence-electron chi connectivity index (χ3n) is 6.85. The van der Waals surface area contributed by atoms with Gasteiger partial charge in [-0.2, -0.15) is 9.78 Å². The molecular weight excluding hydrogens is 682 g/mol. The van der Waals surface area contributed by atoms with Crippen LogP contribution in [0, 0.1) is 0 Å². The number of rotatable bonds is 7. The van der Waals surface area contributed by atoms with Crippen molar-refractivity contribution in [1.29, 1.82) is 0 Å². The predicted molar refractivity (Wildman–Crippen MR) is 169 cm³/mol. The van der Waals surface area contributed by atoms with Gasteiger partial charge in [0, 0.05) is 19.9 Å². The molecule has 9 nitrogen and oxygen atoms in total. The second-order valence-electron chi connectivity index (χ2n) is 9.61. The topological polar surface area (TPSA) is 97.3 Å². The fourth-order valence-electron chi connectivity index (χ4n) is 4.81. The summed E-state index contributed by atoms with van der Waals surface area (Å²) in [7, 11) is 1.56. The van der Waals surface area contributed by atoms with Crippen molar-refractivity contribution in [3.8, 4) is 34.6 Å². The summed E-state index contributed by atoms with van der Waals surface area (Å²) in [5.74, 6) is 2.96. The Morgan fingerprint density at radius 3 is 2.72 bits per heavy atom. The third kappa shape index (κ3) is 5.26. The second-order valence-corrected chi connectivity index (χ2v) is 11.4. The number of benzene rings is 4. The van der Waals surface area contributed by atoms with Crippen LogP contribution in [0.2, 0.25) is 0 Å². The van der Waals surface area contributed by atoms with Gasteiger partial charge in [-0.15, -0.1) is 0 Å². The summed E-state index contributed by atoms with van der Waals surface area (Å²) in [6.45, 7) is 0.421. The molecule has 0 saturated carbocycles. The fraction of sp³-hybridized carbons (Fsp3) is 0.0938. The zero-order chi connectivity index (χ0) is 29.5. The highest BCUT2D eigenvalue weighted by Crippen LogP contribution is 2.37. The lowest BCUT2D eigenvalue weighted by atomic mass is 10.2. The van der Waals surface area contributed by atoms with Gasteiger partial charge in [0.25, 0.3) is 5.56 Å². The SMILES string of the molecule is COc1cc(Br)cc(C=Nn2c(-c3cc4cc(Br)ccc4o3)nc3ccccc3c2=O)c1OCc1ccc2c(c1)OCO2. The Labute approximate surface area is 261 Å². The Hall–Kier alpha value is -4.61. The Balaban J connectivity index is 1.32. The lowest BCUT2D eigenvalue weighted by Crippen LogP contribution is -2.20. The maximum Gasteiger partial charge on any atom is 0.282 e. The average molecular weight is 703 g/mol. The molecule has 0 aliphatic carbocycles. The molecule has 214 valence electrons. The van der Waals surface area contributed by atoms with E-state index in [1.54, 1.807) is 37.6 Å². The first kappa shape index (κ1) is 27.2. The quantitative estimate of drug-likeness (QED) is 0.159. The zero-order valence-corrected chi connectivity index (χ0v) is 25.7. The van der Waals surface area contributed by atoms with Crippen molar-refractivity contribution >= 4 is 59.9 Å². The summed E-state index contributed by atoms with van der Waals surface area (Å²) in [6, 6.07) is 23.9. The number of ether oxygens (including phenoxy) is 4. The molecule has 0 spiro atoms. The van der Waals surface area contributed by atoms with Gasteiger partial charge in [-0.05, 0) is 66.2 Å². The molecule has 43 heavy (non-hydrogen) atoms. The number of hydrogen-bond acceptors (Lipinski definition) is 8. The molecule has 0 atom stereocenters. The molecule has 1 aliphatic rings. The molecule has 3 heterocycles. The summed E-state index contributed by atoms with van der Waals surface area (Å²) in [5, 5.41) is 5.91. The van der Waals surface area contributed by atoms with E-state index in [2.05, 4.69) is 37.0 Å². The number of nitrogens with zero attached hydrogens (tertiary/aromatic N) is 3. The third-order valence-corrected chi connectivity index (χ3v) is 7.80. The van der Waals surface area contributed by atoms with Crippen molar-refractivity contribution in [2.75, 3.05) is 13.9 Å². The van der Waals surface area contributed by atoms with Crippen LogP contribution in [-0.2, 0) is 6.61 Å². The number of halogens is 2. The van der Waals surface area contributed by atoms with Gasteiger partial charge in [-0.3, -0.25) is 4.79 Å². The minimum Gasteiger partial charge on any atom is -0.493 e. The van der Waals surface area contributed by atoms with Crippen LogP contribution in [0.15, 0.2) is 102 Å². The van der Waals surface area contributed by atoms with Crippen LogP contribution in [0.1, 0.15) is 11.1 Å². The van der Waals surface area contributed by atoms with Crippen molar-refractivity contribution < 1.29 is 23.4 Å². The average Bonchev–Trinajstić information content (AvgIpc) is 3.66. The highest BCUT2D eigenvalue weighted by Gasteiger charge is 2.19. The smallest absolute Gasteiger partial charge is 0.282 e. The normalized spacial score (nSPS) is 12.4. The predicted octanol–water partition coefficient (Wildman–Crippen LogP) is 7.53. The number of hydrogen-bond donors (Lipinski definition) is 0. The van der Waals surface area contributed by atoms with Gasteiger partial charge < -0.3 is 23.4 Å². The molecule has 0 saturated heterocycles. The lowest BCUT2D eigenvalue weighted by Gasteiger charge is -2.14. The zero-order valence-electron chi connectivity index (χ0n) is 22.5. The Kier molecular flexibility index (Phi) is 7.12. The summed E-state index contributed by atoms with van der Waals surface area (Å²) in [6.07, 6.45) is 1.54. The summed E-state index contributed by atoms with van der Waals surface area (Å²) in [4.78, 5) is 18.5. The van der Waals surface area contributed by atoms with Gasteiger partial charge >= 0.3 is 0 Å². The largest absolute Gasteiger partial charge is 0.493 e. The van der Waals surface area contributed by atoms with E-state index in [0.29, 0.717) is 50.8 Å². The molecular formula is C32H21Br2N3O6. The molecule has 7 rings (SSSR count). The van der Waals surface area contributed by atoms with Gasteiger partial charge in [0.2, 0.25) is 12.6 Å². The second kappa shape index (κ2) is 11.2. The van der Waals surface area contributed by atoms with Gasteiger partial charge in [-0.25, -0.2) is 4.98 Å². The van der Waals surface area contributed by atoms with Crippen molar-refractivity contribution in [2.45, 2.75) is 6.61 Å². The minimum absolute atomic E-state index is 0.192. The molecule has 11 heteroatoms. The maximum atomic E-state index is 13.8. The van der Waals surface area contributed by atoms with E-state index in [1.807, 2.05) is 54.6 Å². The molecule has 1 aliphatic heterocycles. The molecule has 6 aromatic rings. The molecule has 4 aromatic carbocycles. The number of aromatic nitrogens is 2. The van der Waals surface area contributed by atoms with Crippen molar-refractivity contribution in [1.82, 2.24) is 9.66 Å². The van der Waals surface area contributed by atoms with Crippen LogP contribution >= 0.6 is 31.9 Å². The van der Waals surface area contributed by atoms with E-state index in [0.717, 1.165) is 19.9 Å². The van der Waals surface area contributed by atoms with Crippen molar-refractivity contribution in [2.24, 2.45) is 5.10 Å². The van der Waals surface area contributed by atoms with Gasteiger partial charge in [0.1, 0.15) is 12.2 Å². The van der Waals surface area contributed by atoms with Crippen LogP contribution in [0.25, 0.3) is 33.5 Å². The fourth-order valence-corrected chi connectivity index (χ4v) is 5.65. The number of fused-ring (bicyclic) bond motifs is 3. The standard InChI is InChI=1S/C32H21Br2N3O6/c1-39-28-14-22(34)12-20(30(28)40-16-18-6-8-26-27(10-18)42-17-41-26)15-35-37-31(36-24-5-3-2-4-23(24)32(37)38)29-13-19-11-21(33)7-9-25(19)43-29/h2-15H,16-17H2,1H3. The highest BCUT2D eigenvalue weighted by atomic mass is 79.9. The van der Waals surface area contributed by atoms with Crippen LogP contribution in [0.4, 0.5) is 0 Å². The van der Waals surface area contributed by atoms with Crippen LogP contribution in [0.5, 0.6) is 23.0 Å². The van der Waals surface area contributed by atoms with Crippen molar-refractivity contribution in [3.63, 3.8) is 0 Å². The van der Waals surface area contributed by atoms with Crippen LogP contribution in [0.3, 0.4) is 0 Å². The molecule has 2 aromatic heterocycles. The number of methoxy groups -OCH3 is 1. The minimum atomic E-state index is -0.344. The summed E-state index contributed by atoms with van der Waals surface area (Å²) in [5.41, 5.74) is 2.31. The lowest BCUT2D eigenvalue weighted by molar-refractivity contribution is 0.174. The van der Waals surface area contributed by atoms with Gasteiger partial charge in [0.15, 0.2) is 28.8 Å². The summed E-state index contributed by atoms with van der Waals surface area (Å²) < 4.78 is 31.8. The van der Waals surface area contributed by atoms with E-state index >= 15 is 0 Å². The van der Waals surface area contributed by atoms with Gasteiger partial charge in [0.05, 0.1) is 24.2 Å². The van der Waals surface area contributed by atoms with E-state index in [9.17, 15) is 4.79 Å². The molecule has 0 amide bonds. The molecule has 0 fully saturated rings. The van der Waals surface area contributed by atoms with E-state index in [1.165, 1.54) is 4.68 Å². The summed E-state index contributed by atoms with van der Waals surface area (Å²) >= 11 is 7.04. The van der Waals surface area contributed by atoms with E-state index in [-0.39, 0.29) is 24.8 Å². The molecule has 0 N–H and O–H groups in total. The first-order chi connectivity index (χ1) is 21.0. The molecule has 0 unspecified atom stereocenters. The van der Waals surface area contributed by atoms with Crippen LogP contribution in [-0.4, -0.2) is 29.8 Å². The van der Waals surface area contributed by atoms with Gasteiger partial charge in [-0.1, -0.05) is 50.1 Å². The highest BCUT2D eigenvalue weighted by molar-refractivity contribution is 9.10. The monoisotopic (exact) mass is 701 g/mol. The Morgan fingerprint density at radius 2 is 1.84 bits per heavy atom. The molecule has 0 bridgehead atoms. The Bertz CT molecular complexity index is 2120.